The quantitative estimate of drug-likeness (QED) is 0.676. The molecule has 66 valence electrons. The zero-order chi connectivity index (χ0) is 8.97. The van der Waals surface area contributed by atoms with Gasteiger partial charge in [0.1, 0.15) is 5.75 Å². The third-order valence-electron chi connectivity index (χ3n) is 1.47. The molecule has 1 aromatic rings. The summed E-state index contributed by atoms with van der Waals surface area (Å²) in [7, 11) is 1.59. The van der Waals surface area contributed by atoms with E-state index in [0.717, 1.165) is 16.3 Å². The molecule has 0 aliphatic rings. The molecule has 3 heteroatoms. The summed E-state index contributed by atoms with van der Waals surface area (Å²) in [5.74, 6) is 0.807. The number of hydrogen-bond donors (Lipinski definition) is 0. The Morgan fingerprint density at radius 3 is 2.75 bits per heavy atom. The molecule has 2 nitrogen and oxygen atoms in total. The molecule has 0 bridgehead atoms. The first-order valence-electron chi connectivity index (χ1n) is 3.62. The third-order valence-corrected chi connectivity index (χ3v) is 1.70. The van der Waals surface area contributed by atoms with Crippen molar-refractivity contribution in [3.05, 3.63) is 28.8 Å². The zero-order valence-electron chi connectivity index (χ0n) is 7.13. The van der Waals surface area contributed by atoms with Crippen LogP contribution in [0.1, 0.15) is 5.56 Å². The van der Waals surface area contributed by atoms with Crippen LogP contribution >= 0.6 is 11.6 Å². The number of ether oxygens (including phenoxy) is 2. The van der Waals surface area contributed by atoms with E-state index in [-0.39, 0.29) is 6.79 Å². The first-order valence-corrected chi connectivity index (χ1v) is 3.99. The number of benzene rings is 1. The normalized spacial score (nSPS) is 9.92. The highest BCUT2D eigenvalue weighted by Crippen LogP contribution is 2.21. The highest BCUT2D eigenvalue weighted by atomic mass is 35.5. The SMILES string of the molecule is COCOc1ccc(Cl)cc1C. The van der Waals surface area contributed by atoms with Crippen molar-refractivity contribution >= 4 is 11.6 Å². The van der Waals surface area contributed by atoms with Crippen LogP contribution in [-0.4, -0.2) is 13.9 Å². The van der Waals surface area contributed by atoms with Crippen LogP contribution in [0.25, 0.3) is 0 Å². The topological polar surface area (TPSA) is 18.5 Å². The van der Waals surface area contributed by atoms with Crippen LogP contribution < -0.4 is 4.74 Å². The summed E-state index contributed by atoms with van der Waals surface area (Å²) < 4.78 is 10.0. The van der Waals surface area contributed by atoms with E-state index in [1.807, 2.05) is 19.1 Å². The molecule has 0 aromatic heterocycles. The number of methoxy groups -OCH3 is 1. The predicted molar refractivity (Wildman–Crippen MR) is 48.7 cm³/mol. The second kappa shape index (κ2) is 4.33. The van der Waals surface area contributed by atoms with Crippen molar-refractivity contribution in [1.29, 1.82) is 0 Å². The molecule has 0 unspecified atom stereocenters. The van der Waals surface area contributed by atoms with Gasteiger partial charge in [-0.05, 0) is 30.7 Å². The molecule has 0 aliphatic heterocycles. The van der Waals surface area contributed by atoms with Gasteiger partial charge in [0.15, 0.2) is 6.79 Å². The Labute approximate surface area is 77.1 Å². The second-order valence-electron chi connectivity index (χ2n) is 2.46. The molecule has 0 amide bonds. The lowest BCUT2D eigenvalue weighted by Gasteiger charge is -2.07. The molecule has 0 saturated carbocycles. The van der Waals surface area contributed by atoms with E-state index < -0.39 is 0 Å². The maximum Gasteiger partial charge on any atom is 0.188 e. The number of aryl methyl sites for hydroxylation is 1. The van der Waals surface area contributed by atoms with Crippen LogP contribution in [-0.2, 0) is 4.74 Å². The van der Waals surface area contributed by atoms with Crippen molar-refractivity contribution in [1.82, 2.24) is 0 Å². The van der Waals surface area contributed by atoms with Crippen molar-refractivity contribution in [2.24, 2.45) is 0 Å². The second-order valence-corrected chi connectivity index (χ2v) is 2.90. The summed E-state index contributed by atoms with van der Waals surface area (Å²) in [4.78, 5) is 0. The van der Waals surface area contributed by atoms with E-state index in [0.29, 0.717) is 0 Å². The van der Waals surface area contributed by atoms with E-state index in [1.54, 1.807) is 13.2 Å². The average molecular weight is 187 g/mol. The van der Waals surface area contributed by atoms with Crippen LogP contribution in [0.2, 0.25) is 5.02 Å². The molecule has 1 rings (SSSR count). The lowest BCUT2D eigenvalue weighted by Crippen LogP contribution is -1.99. The first-order chi connectivity index (χ1) is 5.74. The Bertz CT molecular complexity index is 261. The van der Waals surface area contributed by atoms with E-state index in [4.69, 9.17) is 21.1 Å². The van der Waals surface area contributed by atoms with Crippen molar-refractivity contribution in [2.75, 3.05) is 13.9 Å². The van der Waals surface area contributed by atoms with Crippen LogP contribution in [0.15, 0.2) is 18.2 Å². The van der Waals surface area contributed by atoms with E-state index in [2.05, 4.69) is 0 Å². The number of halogens is 1. The Morgan fingerprint density at radius 1 is 1.42 bits per heavy atom. The Kier molecular flexibility index (Phi) is 3.38. The molecule has 12 heavy (non-hydrogen) atoms. The van der Waals surface area contributed by atoms with Crippen molar-refractivity contribution < 1.29 is 9.47 Å². The van der Waals surface area contributed by atoms with Gasteiger partial charge < -0.3 is 9.47 Å². The minimum Gasteiger partial charge on any atom is -0.467 e. The van der Waals surface area contributed by atoms with Gasteiger partial charge in [-0.2, -0.15) is 0 Å². The van der Waals surface area contributed by atoms with Gasteiger partial charge in [0, 0.05) is 12.1 Å². The van der Waals surface area contributed by atoms with Gasteiger partial charge >= 0.3 is 0 Å². The Morgan fingerprint density at radius 2 is 2.17 bits per heavy atom. The zero-order valence-corrected chi connectivity index (χ0v) is 7.89. The molecule has 0 saturated heterocycles. The van der Waals surface area contributed by atoms with Gasteiger partial charge in [0.05, 0.1) is 0 Å². The van der Waals surface area contributed by atoms with E-state index >= 15 is 0 Å². The minimum absolute atomic E-state index is 0.266. The molecule has 0 atom stereocenters. The molecule has 0 fully saturated rings. The largest absolute Gasteiger partial charge is 0.467 e. The molecule has 0 heterocycles. The van der Waals surface area contributed by atoms with Crippen molar-refractivity contribution in [3.63, 3.8) is 0 Å². The fourth-order valence-electron chi connectivity index (χ4n) is 0.897. The van der Waals surface area contributed by atoms with Gasteiger partial charge in [0.2, 0.25) is 0 Å². The third kappa shape index (κ3) is 2.40. The smallest absolute Gasteiger partial charge is 0.188 e. The summed E-state index contributed by atoms with van der Waals surface area (Å²) >= 11 is 5.76. The molecular weight excluding hydrogens is 176 g/mol. The highest BCUT2D eigenvalue weighted by molar-refractivity contribution is 6.30. The maximum atomic E-state index is 5.76. The van der Waals surface area contributed by atoms with E-state index in [1.165, 1.54) is 0 Å². The lowest BCUT2D eigenvalue weighted by atomic mass is 10.2. The summed E-state index contributed by atoms with van der Waals surface area (Å²) in [6.07, 6.45) is 0. The van der Waals surface area contributed by atoms with Gasteiger partial charge in [-0.25, -0.2) is 0 Å². The molecule has 1 aromatic carbocycles. The Balaban J connectivity index is 2.72. The summed E-state index contributed by atoms with van der Waals surface area (Å²) in [5.41, 5.74) is 1.01. The van der Waals surface area contributed by atoms with Gasteiger partial charge in [-0.15, -0.1) is 0 Å². The molecular formula is C9H11ClO2. The van der Waals surface area contributed by atoms with Crippen molar-refractivity contribution in [2.45, 2.75) is 6.92 Å². The molecule has 0 radical (unpaired) electrons. The fourth-order valence-corrected chi connectivity index (χ4v) is 1.12. The Hall–Kier alpha value is -0.730. The standard InChI is InChI=1S/C9H11ClO2/c1-7-5-8(10)3-4-9(7)12-6-11-2/h3-5H,6H2,1-2H3. The number of rotatable bonds is 3. The van der Waals surface area contributed by atoms with E-state index in [9.17, 15) is 0 Å². The fraction of sp³-hybridized carbons (Fsp3) is 0.333. The van der Waals surface area contributed by atoms with Gasteiger partial charge in [0.25, 0.3) is 0 Å². The van der Waals surface area contributed by atoms with Gasteiger partial charge in [-0.1, -0.05) is 11.6 Å². The minimum atomic E-state index is 0.266. The summed E-state index contributed by atoms with van der Waals surface area (Å²) in [5, 5.41) is 0.720. The molecule has 0 N–H and O–H groups in total. The lowest BCUT2D eigenvalue weighted by molar-refractivity contribution is 0.0506. The summed E-state index contributed by atoms with van der Waals surface area (Å²) in [6, 6.07) is 5.47. The van der Waals surface area contributed by atoms with Gasteiger partial charge in [-0.3, -0.25) is 0 Å². The van der Waals surface area contributed by atoms with Crippen LogP contribution in [0.4, 0.5) is 0 Å². The summed E-state index contributed by atoms with van der Waals surface area (Å²) in [6.45, 7) is 2.21. The van der Waals surface area contributed by atoms with Crippen LogP contribution in [0, 0.1) is 6.92 Å². The average Bonchev–Trinajstić information content (AvgIpc) is 2.03. The predicted octanol–water partition coefficient (Wildman–Crippen LogP) is 2.63. The van der Waals surface area contributed by atoms with Crippen LogP contribution in [0.5, 0.6) is 5.75 Å². The molecule has 0 aliphatic carbocycles. The van der Waals surface area contributed by atoms with Crippen molar-refractivity contribution in [3.8, 4) is 5.75 Å². The van der Waals surface area contributed by atoms with Crippen LogP contribution in [0.3, 0.4) is 0 Å². The monoisotopic (exact) mass is 186 g/mol. The number of hydrogen-bond acceptors (Lipinski definition) is 2. The molecule has 0 spiro atoms. The highest BCUT2D eigenvalue weighted by Gasteiger charge is 1.98. The maximum absolute atomic E-state index is 5.76. The first kappa shape index (κ1) is 9.36.